The van der Waals surface area contributed by atoms with Crippen molar-refractivity contribution >= 4 is 23.3 Å². The highest BCUT2D eigenvalue weighted by Crippen LogP contribution is 2.60. The molecule has 1 aliphatic carbocycles. The SMILES string of the molecule is CCN1C(=O)[C@H]2[C@@H]3COCC3[C@H]2c2cc(-c3cc(NC(=O)c4cncc(C(F)(F)F)c4)ccc3C)cnc21. The highest BCUT2D eigenvalue weighted by Gasteiger charge is 2.60. The standard InChI is InChI=1S/C28H25F3N4O3/c1-3-35-25-20(23-21-12-38-13-22(21)24(23)27(35)37)7-15(10-33-25)19-8-18(5-4-14(19)2)34-26(36)16-6-17(11-32-9-16)28(29,30)31/h4-11,21-24H,3,12-13H2,1-2H3,(H,34,36)/t21?,22-,23-,24+/m1/s1. The topological polar surface area (TPSA) is 84.4 Å². The first-order valence-electron chi connectivity index (χ1n) is 12.5. The van der Waals surface area contributed by atoms with Crippen molar-refractivity contribution in [3.8, 4) is 11.1 Å². The smallest absolute Gasteiger partial charge is 0.381 e. The molecule has 0 radical (unpaired) electrons. The lowest BCUT2D eigenvalue weighted by atomic mass is 9.54. The molecule has 10 heteroatoms. The fraction of sp³-hybridized carbons (Fsp3) is 0.357. The highest BCUT2D eigenvalue weighted by atomic mass is 19.4. The van der Waals surface area contributed by atoms with Gasteiger partial charge in [0.25, 0.3) is 5.91 Å². The zero-order valence-corrected chi connectivity index (χ0v) is 20.7. The van der Waals surface area contributed by atoms with Gasteiger partial charge in [-0.15, -0.1) is 0 Å². The van der Waals surface area contributed by atoms with E-state index in [1.165, 1.54) is 0 Å². The number of hydrogen-bond donors (Lipinski definition) is 1. The number of ether oxygens (including phenoxy) is 1. The van der Waals surface area contributed by atoms with Crippen molar-refractivity contribution in [2.24, 2.45) is 17.8 Å². The lowest BCUT2D eigenvalue weighted by Crippen LogP contribution is -2.57. The van der Waals surface area contributed by atoms with Gasteiger partial charge in [-0.3, -0.25) is 19.5 Å². The van der Waals surface area contributed by atoms with Crippen LogP contribution < -0.4 is 10.2 Å². The number of rotatable bonds is 4. The predicted octanol–water partition coefficient (Wildman–Crippen LogP) is 5.07. The third-order valence-electron chi connectivity index (χ3n) is 7.99. The van der Waals surface area contributed by atoms with Crippen LogP contribution in [-0.2, 0) is 15.7 Å². The second-order valence-electron chi connectivity index (χ2n) is 10.1. The summed E-state index contributed by atoms with van der Waals surface area (Å²) in [5.41, 5.74) is 2.90. The zero-order chi connectivity index (χ0) is 26.8. The largest absolute Gasteiger partial charge is 0.417 e. The van der Waals surface area contributed by atoms with Gasteiger partial charge < -0.3 is 10.1 Å². The van der Waals surface area contributed by atoms with Gasteiger partial charge in [0, 0.05) is 53.8 Å². The van der Waals surface area contributed by atoms with E-state index in [4.69, 9.17) is 9.72 Å². The van der Waals surface area contributed by atoms with Crippen LogP contribution in [-0.4, -0.2) is 41.5 Å². The zero-order valence-electron chi connectivity index (χ0n) is 20.7. The minimum atomic E-state index is -4.60. The Kier molecular flexibility index (Phi) is 5.75. The molecule has 7 nitrogen and oxygen atoms in total. The summed E-state index contributed by atoms with van der Waals surface area (Å²) in [4.78, 5) is 36.0. The first-order chi connectivity index (χ1) is 18.2. The first kappa shape index (κ1) is 24.5. The van der Waals surface area contributed by atoms with Crippen LogP contribution in [0.15, 0.2) is 48.9 Å². The predicted molar refractivity (Wildman–Crippen MR) is 134 cm³/mol. The molecule has 1 saturated heterocycles. The fourth-order valence-corrected chi connectivity index (χ4v) is 6.09. The number of nitrogens with zero attached hydrogens (tertiary/aromatic N) is 3. The number of aromatic nitrogens is 2. The summed E-state index contributed by atoms with van der Waals surface area (Å²) < 4.78 is 44.9. The van der Waals surface area contributed by atoms with Gasteiger partial charge in [-0.2, -0.15) is 13.2 Å². The van der Waals surface area contributed by atoms with Crippen LogP contribution in [0, 0.1) is 24.7 Å². The average Bonchev–Trinajstić information content (AvgIpc) is 3.28. The maximum absolute atomic E-state index is 13.2. The van der Waals surface area contributed by atoms with Crippen molar-refractivity contribution in [2.75, 3.05) is 30.0 Å². The Bertz CT molecular complexity index is 1460. The number of aryl methyl sites for hydroxylation is 1. The molecule has 0 bridgehead atoms. The second-order valence-corrected chi connectivity index (χ2v) is 10.1. The molecular formula is C28H25F3N4O3. The van der Waals surface area contributed by atoms with E-state index in [1.54, 1.807) is 23.2 Å². The van der Waals surface area contributed by atoms with Crippen molar-refractivity contribution in [1.82, 2.24) is 9.97 Å². The minimum absolute atomic E-state index is 0.0665. The molecule has 1 N–H and O–H groups in total. The molecule has 196 valence electrons. The second kappa shape index (κ2) is 8.90. The summed E-state index contributed by atoms with van der Waals surface area (Å²) in [5, 5.41) is 2.68. The molecule has 3 aromatic rings. The van der Waals surface area contributed by atoms with Crippen LogP contribution in [0.5, 0.6) is 0 Å². The van der Waals surface area contributed by atoms with Gasteiger partial charge in [0.15, 0.2) is 0 Å². The molecule has 2 aromatic heterocycles. The summed E-state index contributed by atoms with van der Waals surface area (Å²) in [6, 6.07) is 8.17. The first-order valence-corrected chi connectivity index (χ1v) is 12.5. The lowest BCUT2D eigenvalue weighted by Gasteiger charge is -2.52. The third-order valence-corrected chi connectivity index (χ3v) is 7.99. The van der Waals surface area contributed by atoms with Crippen molar-refractivity contribution in [2.45, 2.75) is 25.9 Å². The Morgan fingerprint density at radius 2 is 1.87 bits per heavy atom. The Balaban J connectivity index is 1.32. The van der Waals surface area contributed by atoms with Crippen molar-refractivity contribution in [1.29, 1.82) is 0 Å². The average molecular weight is 523 g/mol. The Morgan fingerprint density at radius 1 is 1.11 bits per heavy atom. The monoisotopic (exact) mass is 522 g/mol. The summed E-state index contributed by atoms with van der Waals surface area (Å²) in [6.45, 7) is 5.66. The van der Waals surface area contributed by atoms with E-state index in [2.05, 4.69) is 16.4 Å². The van der Waals surface area contributed by atoms with Gasteiger partial charge in [-0.1, -0.05) is 6.07 Å². The number of carbonyl (C=O) groups excluding carboxylic acids is 2. The number of carbonyl (C=O) groups is 2. The number of pyridine rings is 2. The number of hydrogen-bond acceptors (Lipinski definition) is 5. The molecule has 1 unspecified atom stereocenters. The molecular weight excluding hydrogens is 497 g/mol. The van der Waals surface area contributed by atoms with Crippen molar-refractivity contribution in [3.05, 3.63) is 71.2 Å². The number of benzene rings is 1. The molecule has 2 fully saturated rings. The number of alkyl halides is 3. The van der Waals surface area contributed by atoms with Gasteiger partial charge in [-0.25, -0.2) is 4.98 Å². The number of amides is 2. The number of fused-ring (bicyclic) bond motifs is 6. The van der Waals surface area contributed by atoms with Crippen LogP contribution >= 0.6 is 0 Å². The minimum Gasteiger partial charge on any atom is -0.381 e. The van der Waals surface area contributed by atoms with Crippen LogP contribution in [0.1, 0.15) is 39.9 Å². The quantitative estimate of drug-likeness (QED) is 0.518. The normalized spacial score (nSPS) is 23.8. The van der Waals surface area contributed by atoms with E-state index in [9.17, 15) is 22.8 Å². The maximum atomic E-state index is 13.2. The molecule has 4 atom stereocenters. The van der Waals surface area contributed by atoms with Crippen LogP contribution in [0.4, 0.5) is 24.7 Å². The third kappa shape index (κ3) is 3.86. The Labute approximate surface area is 217 Å². The highest BCUT2D eigenvalue weighted by molar-refractivity contribution is 6.04. The van der Waals surface area contributed by atoms with E-state index in [0.717, 1.165) is 34.5 Å². The van der Waals surface area contributed by atoms with Crippen LogP contribution in [0.25, 0.3) is 11.1 Å². The molecule has 6 rings (SSSR count). The molecule has 2 aliphatic heterocycles. The molecule has 1 saturated carbocycles. The van der Waals surface area contributed by atoms with Crippen molar-refractivity contribution < 1.29 is 27.5 Å². The number of halogens is 3. The van der Waals surface area contributed by atoms with E-state index in [1.807, 2.05) is 19.9 Å². The van der Waals surface area contributed by atoms with Gasteiger partial charge >= 0.3 is 6.18 Å². The van der Waals surface area contributed by atoms with E-state index in [0.29, 0.717) is 43.4 Å². The van der Waals surface area contributed by atoms with Crippen molar-refractivity contribution in [3.63, 3.8) is 0 Å². The molecule has 2 amide bonds. The molecule has 3 aliphatic rings. The number of nitrogens with one attached hydrogen (secondary N) is 1. The Hall–Kier alpha value is -3.79. The number of anilines is 2. The summed E-state index contributed by atoms with van der Waals surface area (Å²) in [6.07, 6.45) is -1.09. The van der Waals surface area contributed by atoms with Crippen LogP contribution in [0.2, 0.25) is 0 Å². The lowest BCUT2D eigenvalue weighted by molar-refractivity contribution is -0.137. The summed E-state index contributed by atoms with van der Waals surface area (Å²) >= 11 is 0. The van der Waals surface area contributed by atoms with E-state index < -0.39 is 17.6 Å². The van der Waals surface area contributed by atoms with Gasteiger partial charge in [0.2, 0.25) is 5.91 Å². The molecule has 0 spiro atoms. The maximum Gasteiger partial charge on any atom is 0.417 e. The molecule has 38 heavy (non-hydrogen) atoms. The fourth-order valence-electron chi connectivity index (χ4n) is 6.09. The van der Waals surface area contributed by atoms with E-state index >= 15 is 0 Å². The molecule has 4 heterocycles. The molecule has 1 aromatic carbocycles. The summed E-state index contributed by atoms with van der Waals surface area (Å²) in [7, 11) is 0. The van der Waals surface area contributed by atoms with E-state index in [-0.39, 0.29) is 29.2 Å². The van der Waals surface area contributed by atoms with Crippen LogP contribution in [0.3, 0.4) is 0 Å². The van der Waals surface area contributed by atoms with Gasteiger partial charge in [0.1, 0.15) is 5.82 Å². The summed E-state index contributed by atoms with van der Waals surface area (Å²) in [5.74, 6) is 0.616. The van der Waals surface area contributed by atoms with Gasteiger partial charge in [-0.05, 0) is 55.2 Å². The van der Waals surface area contributed by atoms with Gasteiger partial charge in [0.05, 0.1) is 30.3 Å². The Morgan fingerprint density at radius 3 is 2.61 bits per heavy atom.